The highest BCUT2D eigenvalue weighted by molar-refractivity contribution is 7.17. The van der Waals surface area contributed by atoms with Gasteiger partial charge in [-0.25, -0.2) is 0 Å². The molecule has 1 fully saturated rings. The lowest BCUT2D eigenvalue weighted by atomic mass is 10.1. The molecular formula is C14H19ClN2S. The summed E-state index contributed by atoms with van der Waals surface area (Å²) in [5, 5.41) is 7.19. The molecule has 0 aliphatic carbocycles. The van der Waals surface area contributed by atoms with E-state index in [1.165, 1.54) is 15.6 Å². The van der Waals surface area contributed by atoms with Gasteiger partial charge in [0.15, 0.2) is 0 Å². The zero-order chi connectivity index (χ0) is 11.7. The standard InChI is InChI=1S/C14H18N2S.ClH/c1-11-8-15-6-7-16(11)9-12-10-17-14-5-3-2-4-13(12)14;/h2-5,10-11,15H,6-9H2,1H3;1H/t11-;/m1./s1. The summed E-state index contributed by atoms with van der Waals surface area (Å²) in [6.45, 7) is 6.79. The number of nitrogens with one attached hydrogen (secondary N) is 1. The van der Waals surface area contributed by atoms with E-state index in [2.05, 4.69) is 46.8 Å². The molecule has 0 bridgehead atoms. The highest BCUT2D eigenvalue weighted by Gasteiger charge is 2.18. The van der Waals surface area contributed by atoms with E-state index >= 15 is 0 Å². The summed E-state index contributed by atoms with van der Waals surface area (Å²) < 4.78 is 1.41. The van der Waals surface area contributed by atoms with Crippen molar-refractivity contribution in [1.82, 2.24) is 10.2 Å². The van der Waals surface area contributed by atoms with Crippen molar-refractivity contribution in [2.24, 2.45) is 0 Å². The number of halogens is 1. The van der Waals surface area contributed by atoms with Gasteiger partial charge in [0.25, 0.3) is 0 Å². The Balaban J connectivity index is 0.00000120. The molecule has 1 aliphatic rings. The monoisotopic (exact) mass is 282 g/mol. The summed E-state index contributed by atoms with van der Waals surface area (Å²) in [6.07, 6.45) is 0. The number of fused-ring (bicyclic) bond motifs is 1. The van der Waals surface area contributed by atoms with E-state index in [1.54, 1.807) is 0 Å². The number of hydrogen-bond acceptors (Lipinski definition) is 3. The van der Waals surface area contributed by atoms with Crippen molar-refractivity contribution in [2.75, 3.05) is 19.6 Å². The molecule has 2 aromatic rings. The number of hydrogen-bond donors (Lipinski definition) is 1. The van der Waals surface area contributed by atoms with Crippen LogP contribution in [0.25, 0.3) is 10.1 Å². The van der Waals surface area contributed by atoms with Crippen LogP contribution in [0.15, 0.2) is 29.6 Å². The Labute approximate surface area is 118 Å². The average molecular weight is 283 g/mol. The van der Waals surface area contributed by atoms with E-state index in [-0.39, 0.29) is 12.4 Å². The molecule has 1 aromatic carbocycles. The third-order valence-corrected chi connectivity index (χ3v) is 4.59. The number of benzene rings is 1. The molecule has 0 spiro atoms. The number of thiophene rings is 1. The van der Waals surface area contributed by atoms with Crippen LogP contribution in [0.1, 0.15) is 12.5 Å². The summed E-state index contributed by atoms with van der Waals surface area (Å²) in [7, 11) is 0. The molecule has 1 aromatic heterocycles. The highest BCUT2D eigenvalue weighted by Crippen LogP contribution is 2.27. The SMILES string of the molecule is C[C@@H]1CNCCN1Cc1csc2ccccc12.Cl. The summed E-state index contributed by atoms with van der Waals surface area (Å²) >= 11 is 1.86. The van der Waals surface area contributed by atoms with Crippen LogP contribution in [0.4, 0.5) is 0 Å². The van der Waals surface area contributed by atoms with Crippen LogP contribution < -0.4 is 5.32 Å². The van der Waals surface area contributed by atoms with Gasteiger partial charge in [0.1, 0.15) is 0 Å². The van der Waals surface area contributed by atoms with Crippen molar-refractivity contribution >= 4 is 33.8 Å². The van der Waals surface area contributed by atoms with Crippen molar-refractivity contribution < 1.29 is 0 Å². The fourth-order valence-corrected chi connectivity index (χ4v) is 3.45. The van der Waals surface area contributed by atoms with Crippen molar-refractivity contribution in [2.45, 2.75) is 19.5 Å². The molecule has 1 aliphatic heterocycles. The summed E-state index contributed by atoms with van der Waals surface area (Å²) in [4.78, 5) is 2.57. The van der Waals surface area contributed by atoms with Crippen LogP contribution in [-0.4, -0.2) is 30.6 Å². The van der Waals surface area contributed by atoms with E-state index in [0.29, 0.717) is 6.04 Å². The lowest BCUT2D eigenvalue weighted by Gasteiger charge is -2.33. The van der Waals surface area contributed by atoms with Crippen LogP contribution in [-0.2, 0) is 6.54 Å². The van der Waals surface area contributed by atoms with Gasteiger partial charge in [-0.1, -0.05) is 18.2 Å². The zero-order valence-electron chi connectivity index (χ0n) is 10.6. The molecule has 3 rings (SSSR count). The summed E-state index contributed by atoms with van der Waals surface area (Å²) in [5.74, 6) is 0. The normalized spacial score (nSPS) is 20.8. The van der Waals surface area contributed by atoms with Crippen LogP contribution in [0, 0.1) is 0 Å². The quantitative estimate of drug-likeness (QED) is 0.910. The highest BCUT2D eigenvalue weighted by atomic mass is 35.5. The Morgan fingerprint density at radius 2 is 2.22 bits per heavy atom. The second-order valence-electron chi connectivity index (χ2n) is 4.78. The third-order valence-electron chi connectivity index (χ3n) is 3.57. The Hall–Kier alpha value is -0.610. The molecule has 2 heterocycles. The maximum absolute atomic E-state index is 3.44. The first-order valence-corrected chi connectivity index (χ1v) is 7.12. The van der Waals surface area contributed by atoms with Crippen LogP contribution >= 0.6 is 23.7 Å². The van der Waals surface area contributed by atoms with Gasteiger partial charge in [-0.3, -0.25) is 4.90 Å². The predicted molar refractivity (Wildman–Crippen MR) is 81.8 cm³/mol. The Bertz CT molecular complexity index is 511. The molecule has 0 saturated carbocycles. The topological polar surface area (TPSA) is 15.3 Å². The fraction of sp³-hybridized carbons (Fsp3) is 0.429. The lowest BCUT2D eigenvalue weighted by Crippen LogP contribution is -2.49. The van der Waals surface area contributed by atoms with Gasteiger partial charge < -0.3 is 5.32 Å². The first-order chi connectivity index (χ1) is 8.34. The number of nitrogens with zero attached hydrogens (tertiary/aromatic N) is 1. The molecule has 4 heteroatoms. The van der Waals surface area contributed by atoms with Crippen molar-refractivity contribution in [3.05, 3.63) is 35.2 Å². The van der Waals surface area contributed by atoms with Gasteiger partial charge >= 0.3 is 0 Å². The van der Waals surface area contributed by atoms with Gasteiger partial charge in [-0.2, -0.15) is 0 Å². The molecule has 1 atom stereocenters. The average Bonchev–Trinajstić information content (AvgIpc) is 2.76. The molecule has 0 unspecified atom stereocenters. The fourth-order valence-electron chi connectivity index (χ4n) is 2.49. The van der Waals surface area contributed by atoms with Crippen LogP contribution in [0.2, 0.25) is 0 Å². The predicted octanol–water partition coefficient (Wildman–Crippen LogP) is 3.12. The molecule has 1 saturated heterocycles. The van der Waals surface area contributed by atoms with E-state index < -0.39 is 0 Å². The Morgan fingerprint density at radius 1 is 1.39 bits per heavy atom. The van der Waals surface area contributed by atoms with Crippen molar-refractivity contribution in [3.8, 4) is 0 Å². The molecule has 0 radical (unpaired) electrons. The molecule has 98 valence electrons. The van der Waals surface area contributed by atoms with Crippen molar-refractivity contribution in [1.29, 1.82) is 0 Å². The zero-order valence-corrected chi connectivity index (χ0v) is 12.2. The number of rotatable bonds is 2. The molecule has 2 nitrogen and oxygen atoms in total. The van der Waals surface area contributed by atoms with Gasteiger partial charge in [0.05, 0.1) is 0 Å². The smallest absolute Gasteiger partial charge is 0.0346 e. The van der Waals surface area contributed by atoms with E-state index in [9.17, 15) is 0 Å². The Morgan fingerprint density at radius 3 is 3.06 bits per heavy atom. The molecular weight excluding hydrogens is 264 g/mol. The van der Waals surface area contributed by atoms with Crippen LogP contribution in [0.3, 0.4) is 0 Å². The van der Waals surface area contributed by atoms with Gasteiger partial charge in [0.2, 0.25) is 0 Å². The van der Waals surface area contributed by atoms with Crippen LogP contribution in [0.5, 0.6) is 0 Å². The molecule has 0 amide bonds. The van der Waals surface area contributed by atoms with E-state index in [0.717, 1.165) is 26.2 Å². The molecule has 18 heavy (non-hydrogen) atoms. The molecule has 1 N–H and O–H groups in total. The minimum Gasteiger partial charge on any atom is -0.314 e. The van der Waals surface area contributed by atoms with Gasteiger partial charge in [0, 0.05) is 36.9 Å². The first kappa shape index (κ1) is 13.8. The maximum Gasteiger partial charge on any atom is 0.0346 e. The van der Waals surface area contributed by atoms with Gasteiger partial charge in [-0.05, 0) is 29.3 Å². The number of piperazine rings is 1. The van der Waals surface area contributed by atoms with E-state index in [1.807, 2.05) is 11.3 Å². The van der Waals surface area contributed by atoms with E-state index in [4.69, 9.17) is 0 Å². The maximum atomic E-state index is 3.44. The minimum atomic E-state index is 0. The lowest BCUT2D eigenvalue weighted by molar-refractivity contribution is 0.166. The second kappa shape index (κ2) is 6.02. The van der Waals surface area contributed by atoms with Crippen molar-refractivity contribution in [3.63, 3.8) is 0 Å². The van der Waals surface area contributed by atoms with Gasteiger partial charge in [-0.15, -0.1) is 23.7 Å². The second-order valence-corrected chi connectivity index (χ2v) is 5.69. The third kappa shape index (κ3) is 2.69. The minimum absolute atomic E-state index is 0. The largest absolute Gasteiger partial charge is 0.314 e. The Kier molecular flexibility index (Phi) is 4.62. The summed E-state index contributed by atoms with van der Waals surface area (Å²) in [6, 6.07) is 9.36. The summed E-state index contributed by atoms with van der Waals surface area (Å²) in [5.41, 5.74) is 1.49. The first-order valence-electron chi connectivity index (χ1n) is 6.24.